The van der Waals surface area contributed by atoms with Crippen LogP contribution < -0.4 is 0 Å². The van der Waals surface area contributed by atoms with Gasteiger partial charge in [0, 0.05) is 11.8 Å². The van der Waals surface area contributed by atoms with Gasteiger partial charge in [0.05, 0.1) is 0 Å². The van der Waals surface area contributed by atoms with Crippen LogP contribution in [0.25, 0.3) is 5.82 Å². The SMILES string of the molecule is OC(CF)c1ccc(-n2cncn2)nc1. The number of hydrogen-bond acceptors (Lipinski definition) is 4. The van der Waals surface area contributed by atoms with Gasteiger partial charge in [-0.2, -0.15) is 5.10 Å². The molecule has 0 aliphatic rings. The van der Waals surface area contributed by atoms with E-state index in [1.54, 1.807) is 12.1 Å². The van der Waals surface area contributed by atoms with Crippen LogP contribution in [-0.2, 0) is 0 Å². The summed E-state index contributed by atoms with van der Waals surface area (Å²) in [6.07, 6.45) is 3.21. The van der Waals surface area contributed by atoms with Gasteiger partial charge in [-0.05, 0) is 6.07 Å². The molecule has 5 nitrogen and oxygen atoms in total. The van der Waals surface area contributed by atoms with E-state index >= 15 is 0 Å². The lowest BCUT2D eigenvalue weighted by Gasteiger charge is -2.06. The maximum absolute atomic E-state index is 12.1. The molecule has 78 valence electrons. The van der Waals surface area contributed by atoms with E-state index in [-0.39, 0.29) is 0 Å². The van der Waals surface area contributed by atoms with E-state index < -0.39 is 12.8 Å². The van der Waals surface area contributed by atoms with Crippen molar-refractivity contribution in [2.75, 3.05) is 6.67 Å². The molecule has 2 aromatic rings. The second kappa shape index (κ2) is 4.14. The average Bonchev–Trinajstić information content (AvgIpc) is 2.82. The molecule has 0 aromatic carbocycles. The number of hydrogen-bond donors (Lipinski definition) is 1. The van der Waals surface area contributed by atoms with Gasteiger partial charge in [-0.3, -0.25) is 0 Å². The third-order valence-corrected chi connectivity index (χ3v) is 1.96. The first-order valence-corrected chi connectivity index (χ1v) is 4.36. The van der Waals surface area contributed by atoms with Crippen molar-refractivity contribution in [3.8, 4) is 5.82 Å². The Labute approximate surface area is 85.2 Å². The molecular weight excluding hydrogens is 199 g/mol. The van der Waals surface area contributed by atoms with E-state index in [2.05, 4.69) is 15.1 Å². The highest BCUT2D eigenvalue weighted by Crippen LogP contribution is 2.13. The van der Waals surface area contributed by atoms with E-state index in [0.717, 1.165) is 0 Å². The summed E-state index contributed by atoms with van der Waals surface area (Å²) in [5.74, 6) is 0.572. The number of alkyl halides is 1. The lowest BCUT2D eigenvalue weighted by atomic mass is 10.2. The zero-order valence-electron chi connectivity index (χ0n) is 7.79. The Morgan fingerprint density at radius 3 is 2.87 bits per heavy atom. The molecule has 1 N–H and O–H groups in total. The molecule has 2 rings (SSSR count). The summed E-state index contributed by atoms with van der Waals surface area (Å²) in [5.41, 5.74) is 0.446. The van der Waals surface area contributed by atoms with Gasteiger partial charge in [0.2, 0.25) is 0 Å². The summed E-state index contributed by atoms with van der Waals surface area (Å²) in [7, 11) is 0. The molecule has 1 unspecified atom stereocenters. The molecular formula is C9H9FN4O. The number of pyridine rings is 1. The van der Waals surface area contributed by atoms with Crippen molar-refractivity contribution in [1.29, 1.82) is 0 Å². The Morgan fingerprint density at radius 2 is 2.33 bits per heavy atom. The Bertz CT molecular complexity index is 414. The summed E-state index contributed by atoms with van der Waals surface area (Å²) >= 11 is 0. The quantitative estimate of drug-likeness (QED) is 0.805. The number of aliphatic hydroxyl groups excluding tert-OH is 1. The van der Waals surface area contributed by atoms with Crippen molar-refractivity contribution < 1.29 is 9.50 Å². The fraction of sp³-hybridized carbons (Fsp3) is 0.222. The highest BCUT2D eigenvalue weighted by Gasteiger charge is 2.07. The average molecular weight is 208 g/mol. The van der Waals surface area contributed by atoms with Crippen molar-refractivity contribution >= 4 is 0 Å². The van der Waals surface area contributed by atoms with Gasteiger partial charge in [0.15, 0.2) is 5.82 Å². The maximum Gasteiger partial charge on any atom is 0.155 e. The lowest BCUT2D eigenvalue weighted by molar-refractivity contribution is 0.141. The van der Waals surface area contributed by atoms with Crippen LogP contribution in [0, 0.1) is 0 Å². The molecule has 2 aromatic heterocycles. The van der Waals surface area contributed by atoms with Crippen molar-refractivity contribution in [2.45, 2.75) is 6.10 Å². The molecule has 15 heavy (non-hydrogen) atoms. The van der Waals surface area contributed by atoms with E-state index in [1.165, 1.54) is 23.5 Å². The third kappa shape index (κ3) is 1.99. The van der Waals surface area contributed by atoms with E-state index in [4.69, 9.17) is 0 Å². The molecule has 0 spiro atoms. The van der Waals surface area contributed by atoms with Crippen molar-refractivity contribution in [3.63, 3.8) is 0 Å². The monoisotopic (exact) mass is 208 g/mol. The largest absolute Gasteiger partial charge is 0.386 e. The minimum absolute atomic E-state index is 0.446. The second-order valence-electron chi connectivity index (χ2n) is 2.96. The maximum atomic E-state index is 12.1. The number of halogens is 1. The molecule has 0 saturated heterocycles. The fourth-order valence-electron chi connectivity index (χ4n) is 1.15. The van der Waals surface area contributed by atoms with E-state index in [9.17, 15) is 9.50 Å². The van der Waals surface area contributed by atoms with Gasteiger partial charge >= 0.3 is 0 Å². The molecule has 0 radical (unpaired) electrons. The number of aromatic nitrogens is 4. The number of rotatable bonds is 3. The van der Waals surface area contributed by atoms with Crippen LogP contribution in [0.1, 0.15) is 11.7 Å². The lowest BCUT2D eigenvalue weighted by Crippen LogP contribution is -2.02. The normalized spacial score (nSPS) is 12.7. The van der Waals surface area contributed by atoms with Crippen LogP contribution in [0.15, 0.2) is 31.0 Å². The van der Waals surface area contributed by atoms with Crippen LogP contribution in [0.2, 0.25) is 0 Å². The van der Waals surface area contributed by atoms with Crippen LogP contribution >= 0.6 is 0 Å². The topological polar surface area (TPSA) is 63.8 Å². The Kier molecular flexibility index (Phi) is 2.68. The molecule has 0 amide bonds. The molecule has 0 saturated carbocycles. The summed E-state index contributed by atoms with van der Waals surface area (Å²) in [6.45, 7) is -0.815. The standard InChI is InChI=1S/C9H9FN4O/c10-3-8(15)7-1-2-9(12-4-7)14-6-11-5-13-14/h1-2,4-6,8,15H,3H2. The molecule has 6 heteroatoms. The smallest absolute Gasteiger partial charge is 0.155 e. The van der Waals surface area contributed by atoms with Crippen LogP contribution in [0.5, 0.6) is 0 Å². The minimum Gasteiger partial charge on any atom is -0.386 e. The molecule has 0 aliphatic carbocycles. The highest BCUT2D eigenvalue weighted by molar-refractivity contribution is 5.24. The van der Waals surface area contributed by atoms with Crippen molar-refractivity contribution in [3.05, 3.63) is 36.5 Å². The van der Waals surface area contributed by atoms with Crippen molar-refractivity contribution in [1.82, 2.24) is 19.7 Å². The van der Waals surface area contributed by atoms with Crippen LogP contribution in [0.3, 0.4) is 0 Å². The molecule has 0 fully saturated rings. The van der Waals surface area contributed by atoms with Gasteiger partial charge in [-0.1, -0.05) is 6.07 Å². The highest BCUT2D eigenvalue weighted by atomic mass is 19.1. The Morgan fingerprint density at radius 1 is 1.47 bits per heavy atom. The predicted molar refractivity (Wildman–Crippen MR) is 50.1 cm³/mol. The zero-order valence-corrected chi connectivity index (χ0v) is 7.79. The summed E-state index contributed by atoms with van der Waals surface area (Å²) in [6, 6.07) is 3.25. The Hall–Kier alpha value is -1.82. The summed E-state index contributed by atoms with van der Waals surface area (Å²) in [5, 5.41) is 13.1. The Balaban J connectivity index is 2.25. The first kappa shape index (κ1) is 9.72. The molecule has 1 atom stereocenters. The third-order valence-electron chi connectivity index (χ3n) is 1.96. The van der Waals surface area contributed by atoms with Crippen molar-refractivity contribution in [2.24, 2.45) is 0 Å². The zero-order chi connectivity index (χ0) is 10.7. The van der Waals surface area contributed by atoms with Gasteiger partial charge in [0.1, 0.15) is 25.4 Å². The van der Waals surface area contributed by atoms with Gasteiger partial charge in [-0.15, -0.1) is 0 Å². The van der Waals surface area contributed by atoms with Crippen LogP contribution in [-0.4, -0.2) is 31.5 Å². The number of aliphatic hydroxyl groups is 1. The fourth-order valence-corrected chi connectivity index (χ4v) is 1.15. The molecule has 2 heterocycles. The predicted octanol–water partition coefficient (Wildman–Crippen LogP) is 0.665. The van der Waals surface area contributed by atoms with Gasteiger partial charge in [-0.25, -0.2) is 19.0 Å². The first-order chi connectivity index (χ1) is 7.31. The summed E-state index contributed by atoms with van der Waals surface area (Å²) < 4.78 is 13.6. The molecule has 0 bridgehead atoms. The van der Waals surface area contributed by atoms with Gasteiger partial charge < -0.3 is 5.11 Å². The second-order valence-corrected chi connectivity index (χ2v) is 2.96. The first-order valence-electron chi connectivity index (χ1n) is 4.36. The minimum atomic E-state index is -1.11. The molecule has 0 aliphatic heterocycles. The van der Waals surface area contributed by atoms with Gasteiger partial charge in [0.25, 0.3) is 0 Å². The number of nitrogens with zero attached hydrogens (tertiary/aromatic N) is 4. The van der Waals surface area contributed by atoms with E-state index in [0.29, 0.717) is 11.4 Å². The summed E-state index contributed by atoms with van der Waals surface area (Å²) in [4.78, 5) is 7.80. The van der Waals surface area contributed by atoms with Crippen LogP contribution in [0.4, 0.5) is 4.39 Å². The van der Waals surface area contributed by atoms with E-state index in [1.807, 2.05) is 0 Å².